The summed E-state index contributed by atoms with van der Waals surface area (Å²) in [5.41, 5.74) is 0.666. The van der Waals surface area contributed by atoms with Crippen molar-refractivity contribution >= 4 is 39.9 Å². The smallest absolute Gasteiger partial charge is 0.244 e. The Bertz CT molecular complexity index is 590. The normalized spacial score (nSPS) is 13.3. The highest BCUT2D eigenvalue weighted by Gasteiger charge is 2.09. The first kappa shape index (κ1) is 13.1. The number of carbonyl (C=O) groups excluding carboxylic acids is 1. The van der Waals surface area contributed by atoms with Gasteiger partial charge in [0.15, 0.2) is 10.1 Å². The molecule has 0 radical (unpaired) electrons. The maximum atomic E-state index is 11.5. The van der Waals surface area contributed by atoms with Crippen LogP contribution < -0.4 is 5.32 Å². The number of aliphatic hydroxyl groups is 1. The lowest BCUT2D eigenvalue weighted by molar-refractivity contribution is -0.117. The van der Waals surface area contributed by atoms with Crippen molar-refractivity contribution in [1.82, 2.24) is 14.7 Å². The molecule has 0 aliphatic heterocycles. The number of thiazole rings is 1. The fraction of sp³-hybridized carbons (Fsp3) is 0.273. The molecule has 0 fully saturated rings. The number of imidazole rings is 1. The van der Waals surface area contributed by atoms with E-state index < -0.39 is 0 Å². The molecule has 1 amide bonds. The molecule has 18 heavy (non-hydrogen) atoms. The predicted molar refractivity (Wildman–Crippen MR) is 71.8 cm³/mol. The van der Waals surface area contributed by atoms with E-state index in [9.17, 15) is 4.79 Å². The second-order valence-corrected chi connectivity index (χ2v) is 5.00. The number of hydrogen-bond donors (Lipinski definition) is 2. The van der Waals surface area contributed by atoms with E-state index in [1.54, 1.807) is 13.0 Å². The number of carbonyl (C=O) groups is 1. The Balaban J connectivity index is 2.15. The molecule has 2 aromatic rings. The lowest BCUT2D eigenvalue weighted by Crippen LogP contribution is -2.33. The summed E-state index contributed by atoms with van der Waals surface area (Å²) in [5.74, 6) is -0.280. The Kier molecular flexibility index (Phi) is 4.00. The Morgan fingerprint density at radius 2 is 2.56 bits per heavy atom. The number of rotatable bonds is 4. The van der Waals surface area contributed by atoms with Gasteiger partial charge in [-0.3, -0.25) is 9.20 Å². The molecule has 0 saturated carbocycles. The maximum Gasteiger partial charge on any atom is 0.244 e. The van der Waals surface area contributed by atoms with Gasteiger partial charge >= 0.3 is 0 Å². The molecule has 2 N–H and O–H groups in total. The Morgan fingerprint density at radius 3 is 3.28 bits per heavy atom. The van der Waals surface area contributed by atoms with E-state index in [1.807, 2.05) is 16.0 Å². The molecular weight excluding hydrogens is 274 g/mol. The highest BCUT2D eigenvalue weighted by atomic mass is 35.5. The molecule has 2 rings (SSSR count). The molecule has 5 nitrogen and oxygen atoms in total. The number of amides is 1. The van der Waals surface area contributed by atoms with Gasteiger partial charge in [-0.15, -0.1) is 11.3 Å². The van der Waals surface area contributed by atoms with Crippen molar-refractivity contribution in [3.8, 4) is 0 Å². The van der Waals surface area contributed by atoms with Crippen molar-refractivity contribution in [2.75, 3.05) is 6.61 Å². The molecule has 0 bridgehead atoms. The number of fused-ring (bicyclic) bond motifs is 1. The second kappa shape index (κ2) is 5.51. The summed E-state index contributed by atoms with van der Waals surface area (Å²) < 4.78 is 1.81. The van der Waals surface area contributed by atoms with E-state index in [1.165, 1.54) is 17.4 Å². The van der Waals surface area contributed by atoms with Gasteiger partial charge in [-0.05, 0) is 13.0 Å². The van der Waals surface area contributed by atoms with E-state index in [4.69, 9.17) is 16.7 Å². The largest absolute Gasteiger partial charge is 0.394 e. The van der Waals surface area contributed by atoms with Gasteiger partial charge < -0.3 is 10.4 Å². The van der Waals surface area contributed by atoms with Crippen LogP contribution in [-0.4, -0.2) is 33.0 Å². The summed E-state index contributed by atoms with van der Waals surface area (Å²) in [6.07, 6.45) is 4.82. The number of aromatic nitrogens is 2. The molecule has 0 aliphatic rings. The Morgan fingerprint density at radius 1 is 1.78 bits per heavy atom. The second-order valence-electron chi connectivity index (χ2n) is 3.77. The number of nitrogens with zero attached hydrogens (tertiary/aromatic N) is 2. The van der Waals surface area contributed by atoms with E-state index in [2.05, 4.69) is 10.3 Å². The lowest BCUT2D eigenvalue weighted by atomic mass is 10.3. The molecule has 0 aliphatic carbocycles. The average molecular weight is 286 g/mol. The number of halogens is 1. The Labute approximate surface area is 113 Å². The first-order valence-corrected chi connectivity index (χ1v) is 6.58. The van der Waals surface area contributed by atoms with E-state index in [0.717, 1.165) is 4.96 Å². The van der Waals surface area contributed by atoms with Crippen LogP contribution in [0, 0.1) is 0 Å². The van der Waals surface area contributed by atoms with Crippen molar-refractivity contribution in [3.05, 3.63) is 28.5 Å². The third-order valence-corrected chi connectivity index (χ3v) is 3.34. The van der Waals surface area contributed by atoms with Crippen LogP contribution in [0.15, 0.2) is 17.7 Å². The van der Waals surface area contributed by atoms with Crippen molar-refractivity contribution in [1.29, 1.82) is 0 Å². The molecule has 1 unspecified atom stereocenters. The number of nitrogens with one attached hydrogen (secondary N) is 1. The standard InChI is InChI=1S/C11H12ClN3O2S/c1-7(6-16)13-9(17)3-2-8-10(12)14-11-15(8)4-5-18-11/h2-5,7,16H,6H2,1H3,(H,13,17)/b3-2+. The van der Waals surface area contributed by atoms with Gasteiger partial charge in [0.2, 0.25) is 5.91 Å². The van der Waals surface area contributed by atoms with Crippen molar-refractivity contribution in [3.63, 3.8) is 0 Å². The minimum Gasteiger partial charge on any atom is -0.394 e. The number of aliphatic hydroxyl groups excluding tert-OH is 1. The summed E-state index contributed by atoms with van der Waals surface area (Å²) in [6, 6.07) is -0.274. The van der Waals surface area contributed by atoms with Gasteiger partial charge in [0.05, 0.1) is 12.3 Å². The van der Waals surface area contributed by atoms with Crippen molar-refractivity contribution in [2.24, 2.45) is 0 Å². The highest BCUT2D eigenvalue weighted by Crippen LogP contribution is 2.22. The summed E-state index contributed by atoms with van der Waals surface area (Å²) in [7, 11) is 0. The number of hydrogen-bond acceptors (Lipinski definition) is 4. The third kappa shape index (κ3) is 2.72. The maximum absolute atomic E-state index is 11.5. The summed E-state index contributed by atoms with van der Waals surface area (Å²) in [6.45, 7) is 1.62. The molecule has 0 spiro atoms. The van der Waals surface area contributed by atoms with Gasteiger partial charge in [-0.2, -0.15) is 0 Å². The topological polar surface area (TPSA) is 66.6 Å². The van der Waals surface area contributed by atoms with E-state index in [-0.39, 0.29) is 18.6 Å². The zero-order valence-electron chi connectivity index (χ0n) is 9.63. The van der Waals surface area contributed by atoms with Gasteiger partial charge in [0.1, 0.15) is 0 Å². The summed E-state index contributed by atoms with van der Waals surface area (Å²) >= 11 is 7.45. The zero-order chi connectivity index (χ0) is 13.1. The van der Waals surface area contributed by atoms with Crippen LogP contribution in [0.2, 0.25) is 5.15 Å². The minimum atomic E-state index is -0.280. The van der Waals surface area contributed by atoms with Crippen molar-refractivity contribution in [2.45, 2.75) is 13.0 Å². The monoisotopic (exact) mass is 285 g/mol. The minimum absolute atomic E-state index is 0.0954. The van der Waals surface area contributed by atoms with Crippen LogP contribution in [0.4, 0.5) is 0 Å². The fourth-order valence-electron chi connectivity index (χ4n) is 1.42. The highest BCUT2D eigenvalue weighted by molar-refractivity contribution is 7.15. The lowest BCUT2D eigenvalue weighted by Gasteiger charge is -2.07. The molecule has 0 aromatic carbocycles. The molecule has 0 saturated heterocycles. The summed E-state index contributed by atoms with van der Waals surface area (Å²) in [5, 5.41) is 13.7. The molecule has 2 heterocycles. The molecule has 7 heteroatoms. The van der Waals surface area contributed by atoms with Crippen LogP contribution in [-0.2, 0) is 4.79 Å². The van der Waals surface area contributed by atoms with Crippen LogP contribution >= 0.6 is 22.9 Å². The Hall–Kier alpha value is -1.37. The zero-order valence-corrected chi connectivity index (χ0v) is 11.2. The first-order valence-electron chi connectivity index (χ1n) is 5.32. The summed E-state index contributed by atoms with van der Waals surface area (Å²) in [4.78, 5) is 16.4. The van der Waals surface area contributed by atoms with Crippen LogP contribution in [0.25, 0.3) is 11.0 Å². The average Bonchev–Trinajstić information content (AvgIpc) is 2.87. The van der Waals surface area contributed by atoms with E-state index in [0.29, 0.717) is 10.8 Å². The van der Waals surface area contributed by atoms with Gasteiger partial charge in [0, 0.05) is 23.7 Å². The molecule has 1 atom stereocenters. The first-order chi connectivity index (χ1) is 8.61. The third-order valence-electron chi connectivity index (χ3n) is 2.31. The molecule has 2 aromatic heterocycles. The van der Waals surface area contributed by atoms with Gasteiger partial charge in [0.25, 0.3) is 0 Å². The predicted octanol–water partition coefficient (Wildman–Crippen LogP) is 1.56. The van der Waals surface area contributed by atoms with Crippen LogP contribution in [0.3, 0.4) is 0 Å². The van der Waals surface area contributed by atoms with E-state index >= 15 is 0 Å². The van der Waals surface area contributed by atoms with Gasteiger partial charge in [-0.25, -0.2) is 4.98 Å². The van der Waals surface area contributed by atoms with Gasteiger partial charge in [-0.1, -0.05) is 11.6 Å². The molecule has 96 valence electrons. The quantitative estimate of drug-likeness (QED) is 0.838. The fourth-order valence-corrected chi connectivity index (χ4v) is 2.42. The van der Waals surface area contributed by atoms with Crippen LogP contribution in [0.1, 0.15) is 12.6 Å². The van der Waals surface area contributed by atoms with Crippen molar-refractivity contribution < 1.29 is 9.90 Å². The SMILES string of the molecule is CC(CO)NC(=O)/C=C/c1c(Cl)nc2sccn12. The van der Waals surface area contributed by atoms with Crippen LogP contribution in [0.5, 0.6) is 0 Å². The molecular formula is C11H12ClN3O2S.